The molecule has 0 amide bonds. The Hall–Kier alpha value is -2.03. The van der Waals surface area contributed by atoms with Crippen molar-refractivity contribution in [1.29, 1.82) is 0 Å². The first kappa shape index (κ1) is 21.7. The summed E-state index contributed by atoms with van der Waals surface area (Å²) in [5.74, 6) is 0.697. The molecule has 0 saturated heterocycles. The minimum atomic E-state index is -3.38. The van der Waals surface area contributed by atoms with E-state index in [-0.39, 0.29) is 10.6 Å². The van der Waals surface area contributed by atoms with Gasteiger partial charge in [0, 0.05) is 35.1 Å². The van der Waals surface area contributed by atoms with Gasteiger partial charge in [0.25, 0.3) is 5.22 Å². The molecule has 0 spiro atoms. The van der Waals surface area contributed by atoms with Crippen molar-refractivity contribution in [3.05, 3.63) is 53.6 Å². The quantitative estimate of drug-likeness (QED) is 0.432. The third-order valence-electron chi connectivity index (χ3n) is 4.40. The lowest BCUT2D eigenvalue weighted by atomic mass is 10.2. The molecule has 9 heteroatoms. The van der Waals surface area contributed by atoms with E-state index in [9.17, 15) is 8.42 Å². The van der Waals surface area contributed by atoms with Crippen molar-refractivity contribution < 1.29 is 12.8 Å². The first-order chi connectivity index (χ1) is 13.9. The molecule has 2 aromatic carbocycles. The van der Waals surface area contributed by atoms with Gasteiger partial charge in [0.1, 0.15) is 0 Å². The summed E-state index contributed by atoms with van der Waals surface area (Å²) in [5.41, 5.74) is 1.97. The van der Waals surface area contributed by atoms with Gasteiger partial charge in [0.05, 0.1) is 10.6 Å². The van der Waals surface area contributed by atoms with Crippen molar-refractivity contribution in [2.24, 2.45) is 0 Å². The number of aromatic nitrogens is 2. The lowest BCUT2D eigenvalue weighted by Gasteiger charge is -2.20. The van der Waals surface area contributed by atoms with E-state index in [0.717, 1.165) is 24.3 Å². The van der Waals surface area contributed by atoms with Crippen molar-refractivity contribution in [3.8, 4) is 11.5 Å². The van der Waals surface area contributed by atoms with Crippen LogP contribution in [0, 0.1) is 0 Å². The van der Waals surface area contributed by atoms with Crippen molar-refractivity contribution in [1.82, 2.24) is 10.2 Å². The Morgan fingerprint density at radius 1 is 1.00 bits per heavy atom. The molecule has 3 rings (SSSR count). The number of thioether (sulfide) groups is 1. The number of sulfone groups is 1. The molecule has 6 nitrogen and oxygen atoms in total. The first-order valence-electron chi connectivity index (χ1n) is 9.23. The Bertz CT molecular complexity index is 1030. The molecule has 0 bridgehead atoms. The maximum absolute atomic E-state index is 12.4. The van der Waals surface area contributed by atoms with Crippen LogP contribution in [0.4, 0.5) is 5.69 Å². The van der Waals surface area contributed by atoms with Gasteiger partial charge < -0.3 is 9.32 Å². The molecule has 29 heavy (non-hydrogen) atoms. The van der Waals surface area contributed by atoms with Gasteiger partial charge in [0.15, 0.2) is 9.84 Å². The summed E-state index contributed by atoms with van der Waals surface area (Å²) in [7, 11) is -3.38. The topological polar surface area (TPSA) is 76.3 Å². The van der Waals surface area contributed by atoms with Gasteiger partial charge in [-0.25, -0.2) is 8.42 Å². The summed E-state index contributed by atoms with van der Waals surface area (Å²) in [6, 6.07) is 14.1. The zero-order chi connectivity index (χ0) is 20.9. The van der Waals surface area contributed by atoms with E-state index < -0.39 is 9.84 Å². The normalized spacial score (nSPS) is 11.6. The lowest BCUT2D eigenvalue weighted by molar-refractivity contribution is 0.466. The third-order valence-corrected chi connectivity index (χ3v) is 7.46. The van der Waals surface area contributed by atoms with Gasteiger partial charge >= 0.3 is 0 Å². The largest absolute Gasteiger partial charge is 0.411 e. The number of nitrogens with zero attached hydrogens (tertiary/aromatic N) is 3. The Kier molecular flexibility index (Phi) is 7.21. The van der Waals surface area contributed by atoms with Crippen LogP contribution in [0.15, 0.2) is 63.1 Å². The molecular formula is C20H22ClN3O3S2. The number of anilines is 1. The van der Waals surface area contributed by atoms with E-state index in [0.29, 0.717) is 21.9 Å². The van der Waals surface area contributed by atoms with Crippen LogP contribution < -0.4 is 4.90 Å². The van der Waals surface area contributed by atoms with Crippen LogP contribution in [0.1, 0.15) is 13.8 Å². The summed E-state index contributed by atoms with van der Waals surface area (Å²) in [6.45, 7) is 6.12. The van der Waals surface area contributed by atoms with Crippen molar-refractivity contribution in [2.45, 2.75) is 24.0 Å². The van der Waals surface area contributed by atoms with Crippen LogP contribution in [0.5, 0.6) is 0 Å². The molecule has 0 atom stereocenters. The Balaban J connectivity index is 1.60. The SMILES string of the molecule is CCN(CC)c1ccc(-c2nnc(SCCS(=O)(=O)c3ccc(Cl)cc3)o2)cc1. The zero-order valence-corrected chi connectivity index (χ0v) is 18.6. The lowest BCUT2D eigenvalue weighted by Crippen LogP contribution is -2.21. The predicted molar refractivity (Wildman–Crippen MR) is 118 cm³/mol. The number of halogens is 1. The molecule has 154 valence electrons. The second-order valence-corrected chi connectivity index (χ2v) is 9.81. The number of hydrogen-bond acceptors (Lipinski definition) is 7. The van der Waals surface area contributed by atoms with E-state index in [1.165, 1.54) is 23.9 Å². The molecule has 1 aromatic heterocycles. The minimum absolute atomic E-state index is 0.0322. The monoisotopic (exact) mass is 451 g/mol. The van der Waals surface area contributed by atoms with Gasteiger partial charge in [-0.2, -0.15) is 0 Å². The van der Waals surface area contributed by atoms with Gasteiger partial charge in [0.2, 0.25) is 5.89 Å². The molecule has 1 heterocycles. The molecular weight excluding hydrogens is 430 g/mol. The maximum Gasteiger partial charge on any atom is 0.276 e. The van der Waals surface area contributed by atoms with E-state index >= 15 is 0 Å². The summed E-state index contributed by atoms with van der Waals surface area (Å²) in [4.78, 5) is 2.50. The van der Waals surface area contributed by atoms with Crippen molar-refractivity contribution in [2.75, 3.05) is 29.5 Å². The Labute approximate surface area is 180 Å². The summed E-state index contributed by atoms with van der Waals surface area (Å²) < 4.78 is 30.4. The zero-order valence-electron chi connectivity index (χ0n) is 16.2. The van der Waals surface area contributed by atoms with Crippen LogP contribution >= 0.6 is 23.4 Å². The molecule has 0 aliphatic rings. The first-order valence-corrected chi connectivity index (χ1v) is 12.2. The van der Waals surface area contributed by atoms with Crippen LogP contribution in [0.3, 0.4) is 0 Å². The highest BCUT2D eigenvalue weighted by atomic mass is 35.5. The molecule has 3 aromatic rings. The fraction of sp³-hybridized carbons (Fsp3) is 0.300. The second-order valence-electron chi connectivity index (χ2n) is 6.21. The van der Waals surface area contributed by atoms with Crippen LogP contribution in [0.2, 0.25) is 5.02 Å². The minimum Gasteiger partial charge on any atom is -0.411 e. The fourth-order valence-corrected chi connectivity index (χ4v) is 5.32. The highest BCUT2D eigenvalue weighted by Crippen LogP contribution is 2.26. The molecule has 0 saturated carbocycles. The van der Waals surface area contributed by atoms with Crippen LogP contribution in [-0.4, -0.2) is 43.2 Å². The summed E-state index contributed by atoms with van der Waals surface area (Å²) >= 11 is 7.03. The molecule has 0 fully saturated rings. The average Bonchev–Trinajstić information content (AvgIpc) is 3.18. The number of hydrogen-bond donors (Lipinski definition) is 0. The van der Waals surface area contributed by atoms with E-state index in [4.69, 9.17) is 16.0 Å². The van der Waals surface area contributed by atoms with E-state index in [1.807, 2.05) is 24.3 Å². The smallest absolute Gasteiger partial charge is 0.276 e. The van der Waals surface area contributed by atoms with Crippen LogP contribution in [-0.2, 0) is 9.84 Å². The molecule has 0 N–H and O–H groups in total. The second kappa shape index (κ2) is 9.65. The highest BCUT2D eigenvalue weighted by molar-refractivity contribution is 8.00. The summed E-state index contributed by atoms with van der Waals surface area (Å²) in [6.07, 6.45) is 0. The Morgan fingerprint density at radius 2 is 1.66 bits per heavy atom. The number of rotatable bonds is 9. The molecule has 0 aliphatic carbocycles. The van der Waals surface area contributed by atoms with Crippen LogP contribution in [0.25, 0.3) is 11.5 Å². The summed E-state index contributed by atoms with van der Waals surface area (Å²) in [5, 5.41) is 8.93. The molecule has 0 radical (unpaired) electrons. The molecule has 0 aliphatic heterocycles. The molecule has 0 unspecified atom stereocenters. The standard InChI is InChI=1S/C20H22ClN3O3S2/c1-3-24(4-2)17-9-5-15(6-10-17)19-22-23-20(27-19)28-13-14-29(25,26)18-11-7-16(21)8-12-18/h5-12H,3-4,13-14H2,1-2H3. The maximum atomic E-state index is 12.4. The number of benzene rings is 2. The fourth-order valence-electron chi connectivity index (χ4n) is 2.79. The van der Waals surface area contributed by atoms with Crippen molar-refractivity contribution >= 4 is 38.9 Å². The average molecular weight is 452 g/mol. The van der Waals surface area contributed by atoms with Gasteiger partial charge in [-0.15, -0.1) is 10.2 Å². The van der Waals surface area contributed by atoms with Crippen molar-refractivity contribution in [3.63, 3.8) is 0 Å². The predicted octanol–water partition coefficient (Wildman–Crippen LogP) is 4.80. The van der Waals surface area contributed by atoms with Gasteiger partial charge in [-0.3, -0.25) is 0 Å². The highest BCUT2D eigenvalue weighted by Gasteiger charge is 2.16. The van der Waals surface area contributed by atoms with Gasteiger partial charge in [-0.1, -0.05) is 23.4 Å². The third kappa shape index (κ3) is 5.52. The van der Waals surface area contributed by atoms with E-state index in [2.05, 4.69) is 28.9 Å². The Morgan fingerprint density at radius 3 is 2.28 bits per heavy atom. The van der Waals surface area contributed by atoms with Gasteiger partial charge in [-0.05, 0) is 62.4 Å². The van der Waals surface area contributed by atoms with E-state index in [1.54, 1.807) is 12.1 Å².